The van der Waals surface area contributed by atoms with Crippen LogP contribution >= 0.6 is 23.1 Å². The van der Waals surface area contributed by atoms with Gasteiger partial charge in [-0.05, 0) is 44.7 Å². The van der Waals surface area contributed by atoms with Gasteiger partial charge in [0.15, 0.2) is 5.16 Å². The molecule has 3 N–H and O–H groups in total. The summed E-state index contributed by atoms with van der Waals surface area (Å²) in [5, 5.41) is 12.2. The van der Waals surface area contributed by atoms with Crippen molar-refractivity contribution in [2.45, 2.75) is 51.7 Å². The van der Waals surface area contributed by atoms with E-state index < -0.39 is 12.0 Å². The normalized spacial score (nSPS) is 11.9. The first kappa shape index (κ1) is 24.8. The molecule has 33 heavy (non-hydrogen) atoms. The summed E-state index contributed by atoms with van der Waals surface area (Å²) in [6.07, 6.45) is 1.34. The minimum absolute atomic E-state index is 0.184. The fourth-order valence-corrected chi connectivity index (χ4v) is 5.46. The van der Waals surface area contributed by atoms with Crippen LogP contribution in [0.4, 0.5) is 10.9 Å². The monoisotopic (exact) mass is 487 g/mol. The van der Waals surface area contributed by atoms with Crippen LogP contribution in [0.1, 0.15) is 52.7 Å². The molecule has 3 aromatic rings. The molecule has 0 radical (unpaired) electrons. The Bertz CT molecular complexity index is 1110. The minimum atomic E-state index is -0.614. The van der Waals surface area contributed by atoms with Gasteiger partial charge in [-0.15, -0.1) is 21.5 Å². The lowest BCUT2D eigenvalue weighted by molar-refractivity contribution is -0.119. The van der Waals surface area contributed by atoms with Gasteiger partial charge in [0.25, 0.3) is 0 Å². The van der Waals surface area contributed by atoms with Crippen molar-refractivity contribution in [2.24, 2.45) is 0 Å². The number of nitrogens with two attached hydrogens (primary N) is 1. The maximum absolute atomic E-state index is 13.3. The Balaban J connectivity index is 1.78. The molecule has 3 rings (SSSR count). The lowest BCUT2D eigenvalue weighted by Gasteiger charge is -2.19. The van der Waals surface area contributed by atoms with Gasteiger partial charge in [0.1, 0.15) is 11.0 Å². The van der Waals surface area contributed by atoms with Crippen molar-refractivity contribution in [3.05, 3.63) is 51.9 Å². The average molecular weight is 488 g/mol. The molecule has 0 bridgehead atoms. The number of hydrogen-bond acceptors (Lipinski definition) is 8. The van der Waals surface area contributed by atoms with E-state index >= 15 is 0 Å². The molecule has 2 aromatic heterocycles. The third kappa shape index (κ3) is 5.75. The van der Waals surface area contributed by atoms with Crippen molar-refractivity contribution in [1.29, 1.82) is 0 Å². The maximum Gasteiger partial charge on any atom is 0.341 e. The number of hydrogen-bond donors (Lipinski definition) is 2. The second kappa shape index (κ2) is 11.3. The number of benzene rings is 1. The average Bonchev–Trinajstić information content (AvgIpc) is 3.28. The van der Waals surface area contributed by atoms with Gasteiger partial charge in [-0.2, -0.15) is 0 Å². The first-order chi connectivity index (χ1) is 15.9. The zero-order chi connectivity index (χ0) is 24.0. The van der Waals surface area contributed by atoms with E-state index in [0.29, 0.717) is 22.1 Å². The zero-order valence-electron chi connectivity index (χ0n) is 19.3. The summed E-state index contributed by atoms with van der Waals surface area (Å²) in [5.41, 5.74) is 8.54. The molecule has 0 fully saturated rings. The van der Waals surface area contributed by atoms with Crippen molar-refractivity contribution >= 4 is 45.9 Å². The van der Waals surface area contributed by atoms with Gasteiger partial charge in [-0.3, -0.25) is 9.36 Å². The SMILES string of the molecule is CCOC(=O)c1c(NC(=O)C(CC)n2c(N)nnc2SCCc2ccccc2)sc(C)c1C. The number of aryl methyl sites for hydroxylation is 2. The largest absolute Gasteiger partial charge is 0.462 e. The highest BCUT2D eigenvalue weighted by atomic mass is 32.2. The van der Waals surface area contributed by atoms with Gasteiger partial charge < -0.3 is 15.8 Å². The number of anilines is 2. The Kier molecular flexibility index (Phi) is 8.51. The highest BCUT2D eigenvalue weighted by Gasteiger charge is 2.28. The number of rotatable bonds is 10. The van der Waals surface area contributed by atoms with Gasteiger partial charge in [0.2, 0.25) is 11.9 Å². The van der Waals surface area contributed by atoms with Crippen LogP contribution in [0.25, 0.3) is 0 Å². The summed E-state index contributed by atoms with van der Waals surface area (Å²) in [6.45, 7) is 7.68. The molecule has 10 heteroatoms. The Labute approximate surface area is 201 Å². The predicted octanol–water partition coefficient (Wildman–Crippen LogP) is 4.64. The second-order valence-corrected chi connectivity index (χ2v) is 9.70. The number of nitrogens with one attached hydrogen (secondary N) is 1. The molecule has 1 atom stereocenters. The number of carbonyl (C=O) groups is 2. The van der Waals surface area contributed by atoms with E-state index in [9.17, 15) is 9.59 Å². The number of ether oxygens (including phenoxy) is 1. The predicted molar refractivity (Wildman–Crippen MR) is 133 cm³/mol. The van der Waals surface area contributed by atoms with Crippen LogP contribution in [0, 0.1) is 13.8 Å². The van der Waals surface area contributed by atoms with Gasteiger partial charge in [0, 0.05) is 10.6 Å². The van der Waals surface area contributed by atoms with E-state index in [1.807, 2.05) is 39.0 Å². The van der Waals surface area contributed by atoms with Crippen molar-refractivity contribution in [3.63, 3.8) is 0 Å². The highest BCUT2D eigenvalue weighted by Crippen LogP contribution is 2.34. The Morgan fingerprint density at radius 3 is 2.61 bits per heavy atom. The molecule has 0 aliphatic rings. The van der Waals surface area contributed by atoms with Gasteiger partial charge in [-0.1, -0.05) is 49.0 Å². The zero-order valence-corrected chi connectivity index (χ0v) is 20.9. The number of nitrogen functional groups attached to an aromatic ring is 1. The number of nitrogens with zero attached hydrogens (tertiary/aromatic N) is 3. The quantitative estimate of drug-likeness (QED) is 0.316. The summed E-state index contributed by atoms with van der Waals surface area (Å²) in [5.74, 6) is 0.240. The van der Waals surface area contributed by atoms with Crippen LogP contribution < -0.4 is 11.1 Å². The maximum atomic E-state index is 13.3. The second-order valence-electron chi connectivity index (χ2n) is 7.42. The van der Waals surface area contributed by atoms with Crippen molar-refractivity contribution < 1.29 is 14.3 Å². The molecule has 2 heterocycles. The van der Waals surface area contributed by atoms with Crippen molar-refractivity contribution in [1.82, 2.24) is 14.8 Å². The van der Waals surface area contributed by atoms with Gasteiger partial charge >= 0.3 is 5.97 Å². The van der Waals surface area contributed by atoms with E-state index in [1.165, 1.54) is 28.7 Å². The van der Waals surface area contributed by atoms with Gasteiger partial charge in [-0.25, -0.2) is 4.79 Å². The molecule has 176 valence electrons. The molecule has 1 unspecified atom stereocenters. The lowest BCUT2D eigenvalue weighted by atomic mass is 10.1. The topological polar surface area (TPSA) is 112 Å². The van der Waals surface area contributed by atoms with Crippen LogP contribution in [0.5, 0.6) is 0 Å². The molecular weight excluding hydrogens is 458 g/mol. The molecule has 0 aliphatic heterocycles. The molecule has 0 saturated heterocycles. The number of thiophene rings is 1. The highest BCUT2D eigenvalue weighted by molar-refractivity contribution is 7.99. The first-order valence-corrected chi connectivity index (χ1v) is 12.6. The molecule has 0 spiro atoms. The molecule has 8 nitrogen and oxygen atoms in total. The van der Waals surface area contributed by atoms with Crippen molar-refractivity contribution in [2.75, 3.05) is 23.4 Å². The molecule has 1 amide bonds. The van der Waals surface area contributed by atoms with Crippen LogP contribution in [-0.2, 0) is 16.0 Å². The summed E-state index contributed by atoms with van der Waals surface area (Å²) in [4.78, 5) is 26.7. The van der Waals surface area contributed by atoms with E-state index in [4.69, 9.17) is 10.5 Å². The molecule has 1 aromatic carbocycles. The number of esters is 1. The van der Waals surface area contributed by atoms with Gasteiger partial charge in [0.05, 0.1) is 12.2 Å². The lowest BCUT2D eigenvalue weighted by Crippen LogP contribution is -2.27. The fourth-order valence-electron chi connectivity index (χ4n) is 3.43. The number of amides is 1. The minimum Gasteiger partial charge on any atom is -0.462 e. The third-order valence-corrected chi connectivity index (χ3v) is 7.33. The van der Waals surface area contributed by atoms with E-state index in [0.717, 1.165) is 22.6 Å². The Morgan fingerprint density at radius 1 is 1.21 bits per heavy atom. The number of aromatic nitrogens is 3. The van der Waals surface area contributed by atoms with Crippen LogP contribution in [-0.4, -0.2) is 39.0 Å². The van der Waals surface area contributed by atoms with Crippen LogP contribution in [0.2, 0.25) is 0 Å². The van der Waals surface area contributed by atoms with Crippen molar-refractivity contribution in [3.8, 4) is 0 Å². The first-order valence-electron chi connectivity index (χ1n) is 10.8. The summed E-state index contributed by atoms with van der Waals surface area (Å²) >= 11 is 2.87. The van der Waals surface area contributed by atoms with E-state index in [2.05, 4.69) is 27.6 Å². The smallest absolute Gasteiger partial charge is 0.341 e. The number of carbonyl (C=O) groups excluding carboxylic acids is 2. The molecular formula is C23H29N5O3S2. The molecule has 0 aliphatic carbocycles. The Morgan fingerprint density at radius 2 is 1.94 bits per heavy atom. The Hall–Kier alpha value is -2.85. The summed E-state index contributed by atoms with van der Waals surface area (Å²) in [7, 11) is 0. The van der Waals surface area contributed by atoms with E-state index in [-0.39, 0.29) is 18.5 Å². The summed E-state index contributed by atoms with van der Waals surface area (Å²) in [6, 6.07) is 9.55. The third-order valence-electron chi connectivity index (χ3n) is 5.26. The summed E-state index contributed by atoms with van der Waals surface area (Å²) < 4.78 is 6.86. The standard InChI is InChI=1S/C23H29N5O3S2/c1-5-17(19(29)25-20-18(21(30)31-6-2)14(3)15(4)33-20)28-22(24)26-27-23(28)32-13-12-16-10-8-7-9-11-16/h7-11,17H,5-6,12-13H2,1-4H3,(H2,24,26)(H,25,29). The fraction of sp³-hybridized carbons (Fsp3) is 0.391. The van der Waals surface area contributed by atoms with Crippen LogP contribution in [0.15, 0.2) is 35.5 Å². The molecule has 0 saturated carbocycles. The number of thioether (sulfide) groups is 1. The van der Waals surface area contributed by atoms with E-state index in [1.54, 1.807) is 11.5 Å². The van der Waals surface area contributed by atoms with Crippen LogP contribution in [0.3, 0.4) is 0 Å².